The summed E-state index contributed by atoms with van der Waals surface area (Å²) in [4.78, 5) is 25.8. The van der Waals surface area contributed by atoms with Gasteiger partial charge in [-0.05, 0) is 49.0 Å². The summed E-state index contributed by atoms with van der Waals surface area (Å²) >= 11 is 0. The third-order valence-electron chi connectivity index (χ3n) is 4.20. The van der Waals surface area contributed by atoms with Gasteiger partial charge in [0.2, 0.25) is 5.91 Å². The van der Waals surface area contributed by atoms with Gasteiger partial charge in [-0.25, -0.2) is 4.79 Å². The van der Waals surface area contributed by atoms with E-state index < -0.39 is 0 Å². The van der Waals surface area contributed by atoms with Gasteiger partial charge in [-0.1, -0.05) is 26.0 Å². The summed E-state index contributed by atoms with van der Waals surface area (Å²) in [7, 11) is 0. The molecule has 0 aliphatic carbocycles. The number of esters is 1. The van der Waals surface area contributed by atoms with Crippen molar-refractivity contribution in [2.75, 3.05) is 31.6 Å². The first-order chi connectivity index (χ1) is 12.0. The Morgan fingerprint density at radius 2 is 1.84 bits per heavy atom. The SMILES string of the molecule is CCOC(=O)/C=C/c1ccc(NC(=O)CN2CC(C)CC(C)C2)cc1. The molecule has 0 radical (unpaired) electrons. The minimum absolute atomic E-state index is 0.0103. The smallest absolute Gasteiger partial charge is 0.330 e. The summed E-state index contributed by atoms with van der Waals surface area (Å²) in [5, 5.41) is 2.93. The summed E-state index contributed by atoms with van der Waals surface area (Å²) in [6, 6.07) is 7.39. The lowest BCUT2D eigenvalue weighted by molar-refractivity contribution is -0.137. The van der Waals surface area contributed by atoms with Gasteiger partial charge in [0.1, 0.15) is 0 Å². The topological polar surface area (TPSA) is 58.6 Å². The standard InChI is InChI=1S/C20H28N2O3/c1-4-25-20(24)10-7-17-5-8-18(9-6-17)21-19(23)14-22-12-15(2)11-16(3)13-22/h5-10,15-16H,4,11-14H2,1-3H3,(H,21,23)/b10-7+. The lowest BCUT2D eigenvalue weighted by atomic mass is 9.92. The van der Waals surface area contributed by atoms with Crippen LogP contribution in [0.25, 0.3) is 6.08 Å². The number of likely N-dealkylation sites (tertiary alicyclic amines) is 1. The van der Waals surface area contributed by atoms with Gasteiger partial charge < -0.3 is 10.1 Å². The highest BCUT2D eigenvalue weighted by Gasteiger charge is 2.23. The molecular weight excluding hydrogens is 316 g/mol. The number of carbonyl (C=O) groups excluding carboxylic acids is 2. The Morgan fingerprint density at radius 3 is 2.44 bits per heavy atom. The first kappa shape index (κ1) is 19.2. The average Bonchev–Trinajstić information content (AvgIpc) is 2.53. The number of rotatable bonds is 6. The Morgan fingerprint density at radius 1 is 1.20 bits per heavy atom. The number of piperidine rings is 1. The molecule has 1 aliphatic rings. The number of amides is 1. The van der Waals surface area contributed by atoms with Crippen LogP contribution >= 0.6 is 0 Å². The average molecular weight is 344 g/mol. The molecule has 2 unspecified atom stereocenters. The fourth-order valence-electron chi connectivity index (χ4n) is 3.36. The highest BCUT2D eigenvalue weighted by Crippen LogP contribution is 2.20. The van der Waals surface area contributed by atoms with Crippen molar-refractivity contribution in [3.8, 4) is 0 Å². The van der Waals surface area contributed by atoms with Crippen LogP contribution in [0.5, 0.6) is 0 Å². The predicted molar refractivity (Wildman–Crippen MR) is 100 cm³/mol. The molecule has 1 saturated heterocycles. The minimum Gasteiger partial charge on any atom is -0.463 e. The number of benzene rings is 1. The third kappa shape index (κ3) is 6.70. The lowest BCUT2D eigenvalue weighted by Crippen LogP contribution is -2.42. The first-order valence-electron chi connectivity index (χ1n) is 8.93. The van der Waals surface area contributed by atoms with E-state index in [2.05, 4.69) is 24.1 Å². The number of carbonyl (C=O) groups is 2. The van der Waals surface area contributed by atoms with Crippen LogP contribution in [0.3, 0.4) is 0 Å². The zero-order valence-corrected chi connectivity index (χ0v) is 15.3. The second-order valence-electron chi connectivity index (χ2n) is 6.90. The predicted octanol–water partition coefficient (Wildman–Crippen LogP) is 3.18. The fraction of sp³-hybridized carbons (Fsp3) is 0.500. The quantitative estimate of drug-likeness (QED) is 0.636. The highest BCUT2D eigenvalue weighted by molar-refractivity contribution is 5.92. The maximum Gasteiger partial charge on any atom is 0.330 e. The van der Waals surface area contributed by atoms with Gasteiger partial charge in [-0.2, -0.15) is 0 Å². The van der Waals surface area contributed by atoms with Crippen LogP contribution in [0.1, 0.15) is 32.8 Å². The molecule has 0 saturated carbocycles. The van der Waals surface area contributed by atoms with E-state index in [1.165, 1.54) is 12.5 Å². The van der Waals surface area contributed by atoms with Gasteiger partial charge in [0.25, 0.3) is 0 Å². The monoisotopic (exact) mass is 344 g/mol. The van der Waals surface area contributed by atoms with E-state index in [4.69, 9.17) is 4.74 Å². The largest absolute Gasteiger partial charge is 0.463 e. The third-order valence-corrected chi connectivity index (χ3v) is 4.20. The van der Waals surface area contributed by atoms with Crippen LogP contribution in [0.2, 0.25) is 0 Å². The van der Waals surface area contributed by atoms with Gasteiger partial charge in [0.05, 0.1) is 13.2 Å². The second kappa shape index (κ2) is 9.37. The summed E-state index contributed by atoms with van der Waals surface area (Å²) in [6.45, 7) is 9.01. The summed E-state index contributed by atoms with van der Waals surface area (Å²) < 4.78 is 4.84. The summed E-state index contributed by atoms with van der Waals surface area (Å²) in [5.74, 6) is 0.935. The van der Waals surface area contributed by atoms with Crippen LogP contribution in [0.15, 0.2) is 30.3 Å². The fourth-order valence-corrected chi connectivity index (χ4v) is 3.36. The highest BCUT2D eigenvalue weighted by atomic mass is 16.5. The van der Waals surface area contributed by atoms with E-state index in [1.54, 1.807) is 13.0 Å². The zero-order chi connectivity index (χ0) is 18.2. The van der Waals surface area contributed by atoms with Crippen molar-refractivity contribution >= 4 is 23.6 Å². The molecular formula is C20H28N2O3. The molecule has 1 heterocycles. The second-order valence-corrected chi connectivity index (χ2v) is 6.90. The van der Waals surface area contributed by atoms with Crippen molar-refractivity contribution in [1.82, 2.24) is 4.90 Å². The van der Waals surface area contributed by atoms with Crippen molar-refractivity contribution in [2.45, 2.75) is 27.2 Å². The Hall–Kier alpha value is -2.14. The molecule has 0 aromatic heterocycles. The molecule has 1 aliphatic heterocycles. The van der Waals surface area contributed by atoms with Gasteiger partial charge in [0.15, 0.2) is 0 Å². The van der Waals surface area contributed by atoms with Gasteiger partial charge in [-0.3, -0.25) is 9.69 Å². The summed E-state index contributed by atoms with van der Waals surface area (Å²) in [6.07, 6.45) is 4.33. The number of ether oxygens (including phenoxy) is 1. The van der Waals surface area contributed by atoms with Crippen molar-refractivity contribution in [2.24, 2.45) is 11.8 Å². The molecule has 1 aromatic rings. The Balaban J connectivity index is 1.84. The van der Waals surface area contributed by atoms with Crippen LogP contribution in [0, 0.1) is 11.8 Å². The minimum atomic E-state index is -0.357. The van der Waals surface area contributed by atoms with E-state index in [0.717, 1.165) is 24.3 Å². The molecule has 5 nitrogen and oxygen atoms in total. The van der Waals surface area contributed by atoms with Crippen molar-refractivity contribution in [1.29, 1.82) is 0 Å². The van der Waals surface area contributed by atoms with Gasteiger partial charge in [0, 0.05) is 24.9 Å². The normalized spacial score (nSPS) is 21.2. The van der Waals surface area contributed by atoms with Crippen molar-refractivity contribution in [3.63, 3.8) is 0 Å². The molecule has 5 heteroatoms. The van der Waals surface area contributed by atoms with E-state index in [9.17, 15) is 9.59 Å². The van der Waals surface area contributed by atoms with Crippen LogP contribution in [0.4, 0.5) is 5.69 Å². The Labute approximate surface area is 150 Å². The molecule has 2 rings (SSSR count). The molecule has 25 heavy (non-hydrogen) atoms. The van der Waals surface area contributed by atoms with E-state index in [0.29, 0.717) is 25.0 Å². The molecule has 1 fully saturated rings. The van der Waals surface area contributed by atoms with Crippen LogP contribution in [-0.4, -0.2) is 43.0 Å². The maximum atomic E-state index is 12.2. The molecule has 0 spiro atoms. The molecule has 136 valence electrons. The molecule has 1 aromatic carbocycles. The van der Waals surface area contributed by atoms with Gasteiger partial charge in [-0.15, -0.1) is 0 Å². The number of anilines is 1. The van der Waals surface area contributed by atoms with E-state index in [-0.39, 0.29) is 11.9 Å². The van der Waals surface area contributed by atoms with Crippen LogP contribution < -0.4 is 5.32 Å². The Kier molecular flexibility index (Phi) is 7.19. The van der Waals surface area contributed by atoms with Crippen LogP contribution in [-0.2, 0) is 14.3 Å². The van der Waals surface area contributed by atoms with Gasteiger partial charge >= 0.3 is 5.97 Å². The van der Waals surface area contributed by atoms with Crippen molar-refractivity contribution < 1.29 is 14.3 Å². The van der Waals surface area contributed by atoms with E-state index in [1.807, 2.05) is 24.3 Å². The summed E-state index contributed by atoms with van der Waals surface area (Å²) in [5.41, 5.74) is 1.64. The molecule has 1 amide bonds. The molecule has 1 N–H and O–H groups in total. The number of hydrogen-bond donors (Lipinski definition) is 1. The maximum absolute atomic E-state index is 12.2. The number of nitrogens with one attached hydrogen (secondary N) is 1. The number of hydrogen-bond acceptors (Lipinski definition) is 4. The molecule has 0 bridgehead atoms. The zero-order valence-electron chi connectivity index (χ0n) is 15.3. The first-order valence-corrected chi connectivity index (χ1v) is 8.93. The van der Waals surface area contributed by atoms with E-state index >= 15 is 0 Å². The number of nitrogens with zero attached hydrogens (tertiary/aromatic N) is 1. The lowest BCUT2D eigenvalue weighted by Gasteiger charge is -2.34. The van der Waals surface area contributed by atoms with Crippen molar-refractivity contribution in [3.05, 3.63) is 35.9 Å². The molecule has 2 atom stereocenters. The Bertz CT molecular complexity index is 600.